The largest absolute Gasteiger partial charge is 0.496 e. The summed E-state index contributed by atoms with van der Waals surface area (Å²) in [6.07, 6.45) is 3.96. The molecule has 3 heteroatoms. The highest BCUT2D eigenvalue weighted by atomic mass is 16.5. The molecule has 1 aromatic rings. The Balaban J connectivity index is 2.12. The maximum absolute atomic E-state index is 6.00. The molecule has 2 atom stereocenters. The molecule has 1 aliphatic heterocycles. The fraction of sp³-hybridized carbons (Fsp3) is 0.647. The third-order valence-electron chi connectivity index (χ3n) is 4.33. The molecule has 1 aliphatic rings. The van der Waals surface area contributed by atoms with Crippen LogP contribution in [-0.2, 0) is 6.54 Å². The molecule has 3 nitrogen and oxygen atoms in total. The molecule has 2 N–H and O–H groups in total. The maximum Gasteiger partial charge on any atom is 0.123 e. The normalized spacial score (nSPS) is 22.3. The highest BCUT2D eigenvalue weighted by Gasteiger charge is 2.16. The van der Waals surface area contributed by atoms with Gasteiger partial charge in [0.15, 0.2) is 0 Å². The molecule has 20 heavy (non-hydrogen) atoms. The van der Waals surface area contributed by atoms with Gasteiger partial charge in [0.2, 0.25) is 0 Å². The molecule has 1 aromatic carbocycles. The van der Waals surface area contributed by atoms with Gasteiger partial charge in [-0.25, -0.2) is 0 Å². The minimum atomic E-state index is 0.0730. The molecule has 0 amide bonds. The predicted octanol–water partition coefficient (Wildman–Crippen LogP) is 3.34. The van der Waals surface area contributed by atoms with E-state index >= 15 is 0 Å². The molecule has 0 aromatic heterocycles. The molecule has 1 heterocycles. The van der Waals surface area contributed by atoms with Crippen LogP contribution in [-0.4, -0.2) is 25.1 Å². The lowest BCUT2D eigenvalue weighted by atomic mass is 10.0. The van der Waals surface area contributed by atoms with Gasteiger partial charge in [-0.1, -0.05) is 13.0 Å². The molecule has 1 saturated heterocycles. The molecule has 2 rings (SSSR count). The van der Waals surface area contributed by atoms with Gasteiger partial charge in [-0.2, -0.15) is 0 Å². The Morgan fingerprint density at radius 1 is 1.35 bits per heavy atom. The third kappa shape index (κ3) is 3.97. The van der Waals surface area contributed by atoms with E-state index in [1.54, 1.807) is 7.11 Å². The lowest BCUT2D eigenvalue weighted by molar-refractivity contribution is 0.268. The Morgan fingerprint density at radius 2 is 2.15 bits per heavy atom. The zero-order chi connectivity index (χ0) is 14.5. The van der Waals surface area contributed by atoms with E-state index < -0.39 is 0 Å². The minimum absolute atomic E-state index is 0.0730. The fourth-order valence-corrected chi connectivity index (χ4v) is 2.93. The van der Waals surface area contributed by atoms with Crippen LogP contribution in [0, 0.1) is 5.92 Å². The van der Waals surface area contributed by atoms with Crippen LogP contribution in [0.2, 0.25) is 0 Å². The van der Waals surface area contributed by atoms with Crippen LogP contribution >= 0.6 is 0 Å². The average molecular weight is 276 g/mol. The number of benzene rings is 1. The summed E-state index contributed by atoms with van der Waals surface area (Å²) in [5, 5.41) is 0. The Kier molecular flexibility index (Phi) is 5.44. The smallest absolute Gasteiger partial charge is 0.123 e. The van der Waals surface area contributed by atoms with Crippen LogP contribution in [0.5, 0.6) is 5.75 Å². The van der Waals surface area contributed by atoms with Crippen LogP contribution < -0.4 is 10.5 Å². The molecular weight excluding hydrogens is 248 g/mol. The van der Waals surface area contributed by atoms with Crippen LogP contribution in [0.25, 0.3) is 0 Å². The molecule has 0 aliphatic carbocycles. The molecule has 0 bridgehead atoms. The molecule has 1 fully saturated rings. The summed E-state index contributed by atoms with van der Waals surface area (Å²) in [5.74, 6) is 1.84. The van der Waals surface area contributed by atoms with Crippen molar-refractivity contribution in [3.8, 4) is 5.75 Å². The summed E-state index contributed by atoms with van der Waals surface area (Å²) in [7, 11) is 1.74. The predicted molar refractivity (Wildman–Crippen MR) is 83.9 cm³/mol. The van der Waals surface area contributed by atoms with Gasteiger partial charge >= 0.3 is 0 Å². The van der Waals surface area contributed by atoms with Gasteiger partial charge in [-0.05, 0) is 62.9 Å². The van der Waals surface area contributed by atoms with Crippen molar-refractivity contribution >= 4 is 0 Å². The van der Waals surface area contributed by atoms with Crippen molar-refractivity contribution in [1.29, 1.82) is 0 Å². The first-order valence-corrected chi connectivity index (χ1v) is 7.75. The Hall–Kier alpha value is -1.06. The van der Waals surface area contributed by atoms with Gasteiger partial charge in [-0.3, -0.25) is 4.90 Å². The van der Waals surface area contributed by atoms with Crippen LogP contribution in [0.3, 0.4) is 0 Å². The number of hydrogen-bond acceptors (Lipinski definition) is 3. The van der Waals surface area contributed by atoms with E-state index in [1.165, 1.54) is 43.5 Å². The van der Waals surface area contributed by atoms with E-state index in [-0.39, 0.29) is 6.04 Å². The van der Waals surface area contributed by atoms with Gasteiger partial charge in [0, 0.05) is 18.2 Å². The third-order valence-corrected chi connectivity index (χ3v) is 4.33. The van der Waals surface area contributed by atoms with Crippen molar-refractivity contribution in [3.63, 3.8) is 0 Å². The quantitative estimate of drug-likeness (QED) is 0.916. The lowest BCUT2D eigenvalue weighted by Gasteiger charge is -2.22. The lowest BCUT2D eigenvalue weighted by Crippen LogP contribution is -2.24. The van der Waals surface area contributed by atoms with E-state index in [4.69, 9.17) is 10.5 Å². The second kappa shape index (κ2) is 7.09. The Labute approximate surface area is 123 Å². The second-order valence-corrected chi connectivity index (χ2v) is 6.17. The zero-order valence-electron chi connectivity index (χ0n) is 13.1. The average Bonchev–Trinajstić information content (AvgIpc) is 2.63. The topological polar surface area (TPSA) is 38.5 Å². The van der Waals surface area contributed by atoms with E-state index in [0.29, 0.717) is 0 Å². The van der Waals surface area contributed by atoms with E-state index in [2.05, 4.69) is 30.0 Å². The van der Waals surface area contributed by atoms with E-state index in [1.807, 2.05) is 6.92 Å². The molecule has 0 radical (unpaired) electrons. The standard InChI is InChI=1S/C17H28N2O/c1-13-5-4-9-19(10-8-13)12-16-11-15(14(2)18)6-7-17(16)20-3/h6-7,11,13-14H,4-5,8-10,12,18H2,1-3H3. The van der Waals surface area contributed by atoms with Crippen molar-refractivity contribution in [2.45, 2.75) is 45.7 Å². The molecule has 0 saturated carbocycles. The van der Waals surface area contributed by atoms with Gasteiger partial charge in [-0.15, -0.1) is 0 Å². The van der Waals surface area contributed by atoms with Crippen LogP contribution in [0.15, 0.2) is 18.2 Å². The zero-order valence-corrected chi connectivity index (χ0v) is 13.1. The highest BCUT2D eigenvalue weighted by molar-refractivity contribution is 5.38. The number of ether oxygens (including phenoxy) is 1. The van der Waals surface area contributed by atoms with E-state index in [0.717, 1.165) is 18.2 Å². The summed E-state index contributed by atoms with van der Waals surface area (Å²) < 4.78 is 5.51. The van der Waals surface area contributed by atoms with Crippen molar-refractivity contribution in [1.82, 2.24) is 4.90 Å². The first kappa shape index (κ1) is 15.3. The first-order chi connectivity index (χ1) is 9.60. The number of methoxy groups -OCH3 is 1. The van der Waals surface area contributed by atoms with Gasteiger partial charge in [0.05, 0.1) is 7.11 Å². The number of hydrogen-bond donors (Lipinski definition) is 1. The van der Waals surface area contributed by atoms with Crippen LogP contribution in [0.4, 0.5) is 0 Å². The molecular formula is C17H28N2O. The van der Waals surface area contributed by atoms with Crippen molar-refractivity contribution in [2.75, 3.05) is 20.2 Å². The first-order valence-electron chi connectivity index (χ1n) is 7.75. The minimum Gasteiger partial charge on any atom is -0.496 e. The van der Waals surface area contributed by atoms with Crippen LogP contribution in [0.1, 0.15) is 50.3 Å². The van der Waals surface area contributed by atoms with E-state index in [9.17, 15) is 0 Å². The monoisotopic (exact) mass is 276 g/mol. The molecule has 2 unspecified atom stereocenters. The van der Waals surface area contributed by atoms with Gasteiger partial charge in [0.25, 0.3) is 0 Å². The van der Waals surface area contributed by atoms with Crippen molar-refractivity contribution < 1.29 is 4.74 Å². The molecule has 112 valence electrons. The number of rotatable bonds is 4. The fourth-order valence-electron chi connectivity index (χ4n) is 2.93. The number of nitrogens with zero attached hydrogens (tertiary/aromatic N) is 1. The van der Waals surface area contributed by atoms with Crippen molar-refractivity contribution in [3.05, 3.63) is 29.3 Å². The molecule has 0 spiro atoms. The van der Waals surface area contributed by atoms with Gasteiger partial charge < -0.3 is 10.5 Å². The maximum atomic E-state index is 6.00. The summed E-state index contributed by atoms with van der Waals surface area (Å²) in [6, 6.07) is 6.40. The Bertz CT molecular complexity index is 431. The summed E-state index contributed by atoms with van der Waals surface area (Å²) >= 11 is 0. The number of likely N-dealkylation sites (tertiary alicyclic amines) is 1. The highest BCUT2D eigenvalue weighted by Crippen LogP contribution is 2.25. The summed E-state index contributed by atoms with van der Waals surface area (Å²) in [5.41, 5.74) is 8.44. The van der Waals surface area contributed by atoms with Gasteiger partial charge in [0.1, 0.15) is 5.75 Å². The van der Waals surface area contributed by atoms with Crippen molar-refractivity contribution in [2.24, 2.45) is 11.7 Å². The second-order valence-electron chi connectivity index (χ2n) is 6.17. The SMILES string of the molecule is COc1ccc(C(C)N)cc1CN1CCCC(C)CC1. The summed E-state index contributed by atoms with van der Waals surface area (Å²) in [6.45, 7) is 7.74. The number of nitrogens with two attached hydrogens (primary N) is 1. The Morgan fingerprint density at radius 3 is 2.85 bits per heavy atom. The summed E-state index contributed by atoms with van der Waals surface area (Å²) in [4.78, 5) is 2.55.